The topological polar surface area (TPSA) is 44.8 Å². The Morgan fingerprint density at radius 3 is 2.08 bits per heavy atom. The van der Waals surface area contributed by atoms with Crippen LogP contribution in [0, 0.1) is 22.7 Å². The first-order valence-corrected chi connectivity index (χ1v) is 18.7. The highest BCUT2D eigenvalue weighted by Crippen LogP contribution is 2.85. The Morgan fingerprint density at radius 1 is 1.05 bits per heavy atom. The molecule has 4 bridgehead atoms. The molecule has 4 atom stereocenters. The molecule has 0 radical (unpaired) electrons. The minimum absolute atomic E-state index is 0.0266. The second kappa shape index (κ2) is 9.07. The fraction of sp³-hybridized carbons (Fsp3) is 0.469. The number of hydrogen-bond donors (Lipinski definition) is 0. The first-order valence-electron chi connectivity index (χ1n) is 13.8. The molecule has 6 rings (SSSR count). The van der Waals surface area contributed by atoms with Gasteiger partial charge in [0.15, 0.2) is 0 Å². The highest BCUT2D eigenvalue weighted by atomic mass is 28.4. The molecule has 38 heavy (non-hydrogen) atoms. The van der Waals surface area contributed by atoms with Crippen molar-refractivity contribution >= 4 is 33.0 Å². The average Bonchev–Trinajstić information content (AvgIpc) is 3.28. The maximum absolute atomic E-state index is 13.8. The van der Waals surface area contributed by atoms with Crippen LogP contribution in [0.5, 0.6) is 0 Å². The molecule has 4 aliphatic rings. The molecule has 0 N–H and O–H groups in total. The third-order valence-corrected chi connectivity index (χ3v) is 18.2. The molecule has 0 spiro atoms. The summed E-state index contributed by atoms with van der Waals surface area (Å²) in [7, 11) is -3.43. The Bertz CT molecular complexity index is 1220. The minimum Gasteiger partial charge on any atom is -0.546 e. The number of hydrogen-bond acceptors (Lipinski definition) is 4. The minimum atomic E-state index is -2.77. The smallest absolute Gasteiger partial charge is 0.320 e. The summed E-state index contributed by atoms with van der Waals surface area (Å²) in [6.45, 7) is 18.2. The molecule has 2 saturated carbocycles. The lowest BCUT2D eigenvalue weighted by atomic mass is 9.72. The van der Waals surface area contributed by atoms with Gasteiger partial charge >= 0.3 is 5.97 Å². The SMILES string of the molecule is C=C[Si](OC[C@@]12C[C@H]3C[C@@H]1[C@]2(C(=O)OC)C(O[Si](C)(C)C(C)(C)C)=C3C)(c1ccccc1)c1ccccc1. The van der Waals surface area contributed by atoms with Crippen LogP contribution in [0.3, 0.4) is 0 Å². The van der Waals surface area contributed by atoms with Crippen molar-refractivity contribution in [2.24, 2.45) is 22.7 Å². The lowest BCUT2D eigenvalue weighted by molar-refractivity contribution is -0.150. The molecule has 6 heteroatoms. The fourth-order valence-corrected chi connectivity index (χ4v) is 11.3. The molecule has 0 unspecified atom stereocenters. The molecular formula is C32H42O4Si2. The van der Waals surface area contributed by atoms with Crippen molar-refractivity contribution in [3.8, 4) is 0 Å². The monoisotopic (exact) mass is 546 g/mol. The number of ether oxygens (including phenoxy) is 1. The van der Waals surface area contributed by atoms with E-state index in [1.165, 1.54) is 12.7 Å². The maximum atomic E-state index is 13.8. The lowest BCUT2D eigenvalue weighted by Gasteiger charge is -2.44. The molecule has 2 aromatic carbocycles. The third kappa shape index (κ3) is 3.60. The Kier molecular flexibility index (Phi) is 6.48. The van der Waals surface area contributed by atoms with E-state index in [9.17, 15) is 4.79 Å². The molecule has 4 nitrogen and oxygen atoms in total. The zero-order valence-corrected chi connectivity index (χ0v) is 26.0. The second-order valence-corrected chi connectivity index (χ2v) is 21.0. The maximum Gasteiger partial charge on any atom is 0.320 e. The average molecular weight is 547 g/mol. The van der Waals surface area contributed by atoms with Crippen LogP contribution >= 0.6 is 0 Å². The number of esters is 1. The van der Waals surface area contributed by atoms with E-state index in [2.05, 4.69) is 95.9 Å². The molecular weight excluding hydrogens is 505 g/mol. The van der Waals surface area contributed by atoms with Crippen LogP contribution in [0.15, 0.2) is 84.3 Å². The molecule has 0 heterocycles. The highest BCUT2D eigenvalue weighted by Gasteiger charge is 2.88. The van der Waals surface area contributed by atoms with Crippen molar-refractivity contribution < 1.29 is 18.4 Å². The summed E-state index contributed by atoms with van der Waals surface area (Å²) >= 11 is 0. The summed E-state index contributed by atoms with van der Waals surface area (Å²) in [5.74, 6) is 1.34. The van der Waals surface area contributed by atoms with Crippen LogP contribution in [0.2, 0.25) is 18.1 Å². The largest absolute Gasteiger partial charge is 0.546 e. The molecule has 0 amide bonds. The molecule has 202 valence electrons. The van der Waals surface area contributed by atoms with E-state index in [0.29, 0.717) is 12.5 Å². The third-order valence-electron chi connectivity index (χ3n) is 10.3. The first kappa shape index (κ1) is 27.2. The Morgan fingerprint density at radius 2 is 1.61 bits per heavy atom. The number of methoxy groups -OCH3 is 1. The van der Waals surface area contributed by atoms with Crippen molar-refractivity contribution in [2.45, 2.75) is 58.7 Å². The van der Waals surface area contributed by atoms with Crippen molar-refractivity contribution in [3.05, 3.63) is 84.3 Å². The van der Waals surface area contributed by atoms with Gasteiger partial charge in [0.25, 0.3) is 8.32 Å². The standard InChI is InChI=1S/C32H42O4Si2/c1-9-38(25-16-12-10-13-17-25,26-18-14-11-15-19-26)35-22-31-21-24-20-27(31)32(31,29(33)34-6)28(23(24)2)36-37(7,8)30(3,4)5/h9-19,24,27H,1,20-22H2,2-8H3/t24-,27+,31+,32-/m1/s1. The molecule has 2 aromatic rings. The van der Waals surface area contributed by atoms with Gasteiger partial charge in [-0.2, -0.15) is 0 Å². The van der Waals surface area contributed by atoms with E-state index in [1.54, 1.807) is 0 Å². The van der Waals surface area contributed by atoms with Gasteiger partial charge in [0.1, 0.15) is 5.41 Å². The predicted octanol–water partition coefficient (Wildman–Crippen LogP) is 5.98. The van der Waals surface area contributed by atoms with Crippen molar-refractivity contribution in [2.75, 3.05) is 13.7 Å². The molecule has 0 aromatic heterocycles. The summed E-state index contributed by atoms with van der Waals surface area (Å²) in [6, 6.07) is 20.9. The summed E-state index contributed by atoms with van der Waals surface area (Å²) in [5.41, 5.74) is 2.21. The Balaban J connectivity index is 1.57. The van der Waals surface area contributed by atoms with Gasteiger partial charge in [0.2, 0.25) is 8.32 Å². The zero-order valence-electron chi connectivity index (χ0n) is 24.0. The van der Waals surface area contributed by atoms with Gasteiger partial charge in [-0.15, -0.1) is 6.58 Å². The van der Waals surface area contributed by atoms with Crippen LogP contribution in [0.25, 0.3) is 0 Å². The van der Waals surface area contributed by atoms with E-state index in [4.69, 9.17) is 13.6 Å². The van der Waals surface area contributed by atoms with E-state index in [1.807, 2.05) is 17.8 Å². The van der Waals surface area contributed by atoms with Crippen LogP contribution in [0.1, 0.15) is 40.5 Å². The zero-order chi connectivity index (χ0) is 27.6. The van der Waals surface area contributed by atoms with E-state index in [-0.39, 0.29) is 22.3 Å². The quantitative estimate of drug-likeness (QED) is 0.287. The van der Waals surface area contributed by atoms with Crippen molar-refractivity contribution in [1.29, 1.82) is 0 Å². The predicted molar refractivity (Wildman–Crippen MR) is 158 cm³/mol. The summed E-state index contributed by atoms with van der Waals surface area (Å²) in [6.07, 6.45) is 1.93. The van der Waals surface area contributed by atoms with Gasteiger partial charge < -0.3 is 13.6 Å². The first-order chi connectivity index (χ1) is 17.9. The molecule has 4 aliphatic carbocycles. The van der Waals surface area contributed by atoms with Gasteiger partial charge in [0, 0.05) is 12.0 Å². The number of benzene rings is 2. The van der Waals surface area contributed by atoms with Gasteiger partial charge in [-0.05, 0) is 65.7 Å². The van der Waals surface area contributed by atoms with Crippen LogP contribution in [-0.4, -0.2) is 36.3 Å². The number of carbonyl (C=O) groups is 1. The molecule has 2 fully saturated rings. The molecule has 0 saturated heterocycles. The highest BCUT2D eigenvalue weighted by molar-refractivity contribution is 7.01. The summed E-state index contributed by atoms with van der Waals surface area (Å²) in [5, 5.41) is 2.35. The van der Waals surface area contributed by atoms with Crippen LogP contribution in [0.4, 0.5) is 0 Å². The van der Waals surface area contributed by atoms with Gasteiger partial charge in [-0.1, -0.05) is 87.1 Å². The summed E-state index contributed by atoms with van der Waals surface area (Å²) in [4.78, 5) is 13.8. The van der Waals surface area contributed by atoms with Gasteiger partial charge in [-0.3, -0.25) is 4.79 Å². The van der Waals surface area contributed by atoms with Crippen LogP contribution < -0.4 is 10.4 Å². The Labute approximate surface area is 230 Å². The van der Waals surface area contributed by atoms with Crippen molar-refractivity contribution in [3.63, 3.8) is 0 Å². The lowest BCUT2D eigenvalue weighted by Crippen LogP contribution is -2.60. The number of rotatable bonds is 9. The van der Waals surface area contributed by atoms with Crippen molar-refractivity contribution in [1.82, 2.24) is 0 Å². The fourth-order valence-electron chi connectivity index (χ4n) is 7.09. The van der Waals surface area contributed by atoms with E-state index >= 15 is 0 Å². The number of allylic oxidation sites excluding steroid dienone is 1. The van der Waals surface area contributed by atoms with E-state index < -0.39 is 22.0 Å². The summed E-state index contributed by atoms with van der Waals surface area (Å²) < 4.78 is 19.8. The van der Waals surface area contributed by atoms with Gasteiger partial charge in [0.05, 0.1) is 12.9 Å². The molecule has 0 aliphatic heterocycles. The van der Waals surface area contributed by atoms with Gasteiger partial charge in [-0.25, -0.2) is 0 Å². The second-order valence-electron chi connectivity index (χ2n) is 13.0. The Hall–Kier alpha value is -2.42. The van der Waals surface area contributed by atoms with E-state index in [0.717, 1.165) is 29.0 Å². The number of carbonyl (C=O) groups excluding carboxylic acids is 1. The van der Waals surface area contributed by atoms with Crippen LogP contribution in [-0.2, 0) is 18.4 Å². The normalized spacial score (nSPS) is 28.2.